The number of thioether (sulfide) groups is 1. The number of nitrogens with zero attached hydrogens (tertiary/aromatic N) is 3. The van der Waals surface area contributed by atoms with E-state index in [9.17, 15) is 4.39 Å². The van der Waals surface area contributed by atoms with Crippen molar-refractivity contribution in [2.45, 2.75) is 12.1 Å². The highest BCUT2D eigenvalue weighted by atomic mass is 32.2. The molecule has 6 nitrogen and oxygen atoms in total. The van der Waals surface area contributed by atoms with Crippen LogP contribution in [0.1, 0.15) is 18.2 Å². The lowest BCUT2D eigenvalue weighted by Crippen LogP contribution is -2.39. The molecule has 24 heavy (non-hydrogen) atoms. The number of halogens is 1. The molecule has 0 fully saturated rings. The Bertz CT molecular complexity index is 738. The van der Waals surface area contributed by atoms with Gasteiger partial charge in [0.05, 0.1) is 11.4 Å². The van der Waals surface area contributed by atoms with Crippen LogP contribution in [0.2, 0.25) is 0 Å². The van der Waals surface area contributed by atoms with Gasteiger partial charge in [0.1, 0.15) is 18.2 Å². The third-order valence-corrected chi connectivity index (χ3v) is 4.00. The molecule has 0 radical (unpaired) electrons. The zero-order chi connectivity index (χ0) is 16.9. The van der Waals surface area contributed by atoms with E-state index in [0.29, 0.717) is 18.5 Å². The van der Waals surface area contributed by atoms with E-state index in [1.807, 2.05) is 24.3 Å². The number of aromatic nitrogens is 2. The SMILES string of the molecule is CCOCN1NNC(c2ccc(F)cc2)=C1c1ccnc(SC)n1. The van der Waals surface area contributed by atoms with Crippen LogP contribution in [0.4, 0.5) is 4.39 Å². The molecule has 1 aliphatic heterocycles. The van der Waals surface area contributed by atoms with Gasteiger partial charge >= 0.3 is 0 Å². The number of hydrogen-bond acceptors (Lipinski definition) is 7. The molecule has 0 unspecified atom stereocenters. The Balaban J connectivity index is 2.06. The van der Waals surface area contributed by atoms with Gasteiger partial charge in [0.15, 0.2) is 5.16 Å². The number of hydrogen-bond donors (Lipinski definition) is 2. The molecular formula is C16H18FN5OS. The fourth-order valence-electron chi connectivity index (χ4n) is 2.32. The topological polar surface area (TPSA) is 62.3 Å². The second-order valence-electron chi connectivity index (χ2n) is 4.95. The molecule has 2 aromatic rings. The van der Waals surface area contributed by atoms with E-state index in [2.05, 4.69) is 20.9 Å². The van der Waals surface area contributed by atoms with Crippen molar-refractivity contribution in [2.24, 2.45) is 0 Å². The Labute approximate surface area is 144 Å². The third kappa shape index (κ3) is 3.50. The maximum Gasteiger partial charge on any atom is 0.187 e. The lowest BCUT2D eigenvalue weighted by Gasteiger charge is -2.20. The second-order valence-corrected chi connectivity index (χ2v) is 5.72. The van der Waals surface area contributed by atoms with Gasteiger partial charge in [-0.3, -0.25) is 5.01 Å². The highest BCUT2D eigenvalue weighted by molar-refractivity contribution is 7.98. The standard InChI is InChI=1S/C16H18FN5OS/c1-3-23-10-22-15(13-8-9-18-16(19-13)24-2)14(20-21-22)11-4-6-12(17)7-5-11/h4-9,20-21H,3,10H2,1-2H3. The van der Waals surface area contributed by atoms with Crippen LogP contribution < -0.4 is 11.0 Å². The van der Waals surface area contributed by atoms with E-state index in [0.717, 1.165) is 22.7 Å². The van der Waals surface area contributed by atoms with Crippen molar-refractivity contribution in [3.63, 3.8) is 0 Å². The molecule has 2 N–H and O–H groups in total. The van der Waals surface area contributed by atoms with Gasteiger partial charge in [-0.05, 0) is 43.5 Å². The first kappa shape index (κ1) is 16.7. The molecule has 0 saturated carbocycles. The fourth-order valence-corrected chi connectivity index (χ4v) is 2.67. The minimum atomic E-state index is -0.273. The van der Waals surface area contributed by atoms with Gasteiger partial charge in [-0.1, -0.05) is 11.8 Å². The van der Waals surface area contributed by atoms with Crippen LogP contribution in [-0.4, -0.2) is 34.6 Å². The summed E-state index contributed by atoms with van der Waals surface area (Å²) < 4.78 is 18.7. The number of rotatable bonds is 6. The van der Waals surface area contributed by atoms with Crippen molar-refractivity contribution in [3.8, 4) is 0 Å². The van der Waals surface area contributed by atoms with Gasteiger partial charge in [0, 0.05) is 18.4 Å². The summed E-state index contributed by atoms with van der Waals surface area (Å²) in [7, 11) is 0. The summed E-state index contributed by atoms with van der Waals surface area (Å²) in [5.41, 5.74) is 9.42. The molecule has 2 heterocycles. The Hall–Kier alpha value is -2.16. The first-order valence-electron chi connectivity index (χ1n) is 7.47. The minimum absolute atomic E-state index is 0.273. The van der Waals surface area contributed by atoms with Gasteiger partial charge in [0.2, 0.25) is 0 Å². The van der Waals surface area contributed by atoms with Crippen LogP contribution in [-0.2, 0) is 4.74 Å². The van der Waals surface area contributed by atoms with Crippen LogP contribution in [0.15, 0.2) is 41.7 Å². The van der Waals surface area contributed by atoms with Crippen molar-refractivity contribution in [1.82, 2.24) is 25.9 Å². The van der Waals surface area contributed by atoms with Crippen molar-refractivity contribution >= 4 is 23.2 Å². The predicted octanol–water partition coefficient (Wildman–Crippen LogP) is 2.48. The van der Waals surface area contributed by atoms with Crippen LogP contribution in [0.25, 0.3) is 11.4 Å². The second kappa shape index (κ2) is 7.61. The summed E-state index contributed by atoms with van der Waals surface area (Å²) in [6, 6.07) is 8.15. The summed E-state index contributed by atoms with van der Waals surface area (Å²) in [5.74, 6) is -0.273. The van der Waals surface area contributed by atoms with Crippen LogP contribution in [0.5, 0.6) is 0 Å². The molecule has 8 heteroatoms. The van der Waals surface area contributed by atoms with E-state index in [1.165, 1.54) is 23.9 Å². The number of hydrazine groups is 2. The van der Waals surface area contributed by atoms with Crippen molar-refractivity contribution in [3.05, 3.63) is 53.6 Å². The quantitative estimate of drug-likeness (QED) is 0.615. The average molecular weight is 347 g/mol. The number of nitrogens with one attached hydrogen (secondary N) is 2. The van der Waals surface area contributed by atoms with Crippen molar-refractivity contribution in [2.75, 3.05) is 19.6 Å². The molecule has 0 atom stereocenters. The summed E-state index contributed by atoms with van der Waals surface area (Å²) in [5, 5.41) is 2.51. The molecule has 1 aliphatic rings. The molecule has 1 aromatic carbocycles. The number of benzene rings is 1. The van der Waals surface area contributed by atoms with Crippen molar-refractivity contribution in [1.29, 1.82) is 0 Å². The van der Waals surface area contributed by atoms with E-state index in [-0.39, 0.29) is 5.82 Å². The lowest BCUT2D eigenvalue weighted by molar-refractivity contribution is 0.0431. The summed E-state index contributed by atoms with van der Waals surface area (Å²) in [4.78, 5) is 8.78. The Morgan fingerprint density at radius 3 is 2.75 bits per heavy atom. The molecule has 3 rings (SSSR count). The van der Waals surface area contributed by atoms with E-state index in [1.54, 1.807) is 18.3 Å². The smallest absolute Gasteiger partial charge is 0.187 e. The number of ether oxygens (including phenoxy) is 1. The maximum atomic E-state index is 13.2. The van der Waals surface area contributed by atoms with E-state index >= 15 is 0 Å². The maximum absolute atomic E-state index is 13.2. The lowest BCUT2D eigenvalue weighted by atomic mass is 10.1. The molecule has 0 spiro atoms. The minimum Gasteiger partial charge on any atom is -0.360 e. The monoisotopic (exact) mass is 347 g/mol. The Morgan fingerprint density at radius 2 is 2.04 bits per heavy atom. The fraction of sp³-hybridized carbons (Fsp3) is 0.250. The summed E-state index contributed by atoms with van der Waals surface area (Å²) in [6.45, 7) is 2.88. The van der Waals surface area contributed by atoms with E-state index < -0.39 is 0 Å². The summed E-state index contributed by atoms with van der Waals surface area (Å²) in [6.07, 6.45) is 3.65. The molecule has 1 aromatic heterocycles. The zero-order valence-corrected chi connectivity index (χ0v) is 14.2. The van der Waals surface area contributed by atoms with Gasteiger partial charge in [-0.25, -0.2) is 14.4 Å². The highest BCUT2D eigenvalue weighted by Crippen LogP contribution is 2.29. The molecule has 0 saturated heterocycles. The Kier molecular flexibility index (Phi) is 5.29. The average Bonchev–Trinajstić information content (AvgIpc) is 3.04. The molecular weight excluding hydrogens is 329 g/mol. The van der Waals surface area contributed by atoms with Crippen LogP contribution >= 0.6 is 11.8 Å². The predicted molar refractivity (Wildman–Crippen MR) is 91.6 cm³/mol. The Morgan fingerprint density at radius 1 is 1.25 bits per heavy atom. The summed E-state index contributed by atoms with van der Waals surface area (Å²) >= 11 is 1.47. The van der Waals surface area contributed by atoms with Gasteiger partial charge in [0.25, 0.3) is 0 Å². The first-order chi connectivity index (χ1) is 11.7. The van der Waals surface area contributed by atoms with Gasteiger partial charge in [-0.2, -0.15) is 0 Å². The van der Waals surface area contributed by atoms with Crippen molar-refractivity contribution < 1.29 is 9.13 Å². The zero-order valence-electron chi connectivity index (χ0n) is 13.4. The largest absolute Gasteiger partial charge is 0.360 e. The van der Waals surface area contributed by atoms with Gasteiger partial charge < -0.3 is 10.2 Å². The highest BCUT2D eigenvalue weighted by Gasteiger charge is 2.26. The van der Waals surface area contributed by atoms with Gasteiger partial charge in [-0.15, -0.1) is 5.53 Å². The molecule has 0 bridgehead atoms. The molecule has 126 valence electrons. The molecule has 0 amide bonds. The van der Waals surface area contributed by atoms with Crippen LogP contribution in [0.3, 0.4) is 0 Å². The van der Waals surface area contributed by atoms with Crippen LogP contribution in [0, 0.1) is 5.82 Å². The first-order valence-corrected chi connectivity index (χ1v) is 8.70. The molecule has 0 aliphatic carbocycles. The normalized spacial score (nSPS) is 14.2. The van der Waals surface area contributed by atoms with E-state index in [4.69, 9.17) is 4.74 Å². The third-order valence-electron chi connectivity index (χ3n) is 3.44.